The van der Waals surface area contributed by atoms with Gasteiger partial charge in [0.1, 0.15) is 0 Å². The van der Waals surface area contributed by atoms with Crippen molar-refractivity contribution in [1.82, 2.24) is 0 Å². The van der Waals surface area contributed by atoms with E-state index in [4.69, 9.17) is 0 Å². The van der Waals surface area contributed by atoms with Gasteiger partial charge in [-0.05, 0) is 41.2 Å². The van der Waals surface area contributed by atoms with Crippen LogP contribution in [0.15, 0.2) is 48.5 Å². The first-order valence-electron chi connectivity index (χ1n) is 8.29. The number of rotatable bonds is 5. The molecule has 0 spiro atoms. The van der Waals surface area contributed by atoms with Crippen LogP contribution >= 0.6 is 0 Å². The number of nitrogens with one attached hydrogen (secondary N) is 1. The van der Waals surface area contributed by atoms with Crippen molar-refractivity contribution in [2.24, 2.45) is 0 Å². The van der Waals surface area contributed by atoms with E-state index in [-0.39, 0.29) is 0 Å². The molecule has 0 heterocycles. The molecule has 0 saturated carbocycles. The molecule has 0 aromatic heterocycles. The average Bonchev–Trinajstić information content (AvgIpc) is 2.47. The Hall–Kier alpha value is -1.54. The molecular formula is C20H29NSi. The summed E-state index contributed by atoms with van der Waals surface area (Å²) in [5.74, 6) is 1.06. The Morgan fingerprint density at radius 3 is 1.68 bits per heavy atom. The van der Waals surface area contributed by atoms with Gasteiger partial charge in [0.05, 0.1) is 0 Å². The van der Waals surface area contributed by atoms with Crippen LogP contribution in [0.3, 0.4) is 0 Å². The molecule has 2 heteroatoms. The summed E-state index contributed by atoms with van der Waals surface area (Å²) in [6, 6.07) is 17.6. The van der Waals surface area contributed by atoms with Gasteiger partial charge in [-0.3, -0.25) is 0 Å². The highest BCUT2D eigenvalue weighted by atomic mass is 28.3. The maximum absolute atomic E-state index is 3.97. The molecule has 0 aliphatic carbocycles. The fraction of sp³-hybridized carbons (Fsp3) is 0.400. The molecule has 0 unspecified atom stereocenters. The lowest BCUT2D eigenvalue weighted by molar-refractivity contribution is 0.839. The van der Waals surface area contributed by atoms with E-state index in [2.05, 4.69) is 94.3 Å². The molecule has 0 aliphatic rings. The molecule has 2 rings (SSSR count). The minimum Gasteiger partial charge on any atom is -0.406 e. The molecule has 0 aliphatic heterocycles. The monoisotopic (exact) mass is 311 g/mol. The Kier molecular flexibility index (Phi) is 5.12. The van der Waals surface area contributed by atoms with Gasteiger partial charge in [-0.25, -0.2) is 0 Å². The van der Waals surface area contributed by atoms with Crippen molar-refractivity contribution >= 4 is 19.1 Å². The van der Waals surface area contributed by atoms with Crippen molar-refractivity contribution in [3.63, 3.8) is 0 Å². The van der Waals surface area contributed by atoms with Gasteiger partial charge < -0.3 is 4.98 Å². The SMILES string of the molecule is CC(C)c1cccc(C(C)C)c1N[Si](C)(C)c1ccccc1. The lowest BCUT2D eigenvalue weighted by Gasteiger charge is -2.30. The van der Waals surface area contributed by atoms with E-state index in [0.717, 1.165) is 0 Å². The normalized spacial score (nSPS) is 12.0. The van der Waals surface area contributed by atoms with E-state index in [9.17, 15) is 0 Å². The van der Waals surface area contributed by atoms with Gasteiger partial charge in [0.25, 0.3) is 0 Å². The fourth-order valence-electron chi connectivity index (χ4n) is 2.93. The Balaban J connectivity index is 2.48. The van der Waals surface area contributed by atoms with E-state index >= 15 is 0 Å². The molecular weight excluding hydrogens is 282 g/mol. The van der Waals surface area contributed by atoms with E-state index < -0.39 is 8.24 Å². The first kappa shape index (κ1) is 16.8. The molecule has 0 fully saturated rings. The number of anilines is 1. The van der Waals surface area contributed by atoms with Crippen LogP contribution in [-0.4, -0.2) is 8.24 Å². The summed E-state index contributed by atoms with van der Waals surface area (Å²) < 4.78 is 0. The molecule has 118 valence electrons. The van der Waals surface area contributed by atoms with Gasteiger partial charge in [-0.1, -0.05) is 76.2 Å². The van der Waals surface area contributed by atoms with Crippen molar-refractivity contribution < 1.29 is 0 Å². The highest BCUT2D eigenvalue weighted by molar-refractivity contribution is 6.92. The molecule has 1 N–H and O–H groups in total. The minimum absolute atomic E-state index is 0.529. The first-order chi connectivity index (χ1) is 10.3. The molecule has 0 amide bonds. The molecule has 2 aromatic rings. The molecule has 0 atom stereocenters. The predicted octanol–water partition coefficient (Wildman–Crippen LogP) is 5.46. The third-order valence-corrected chi connectivity index (χ3v) is 6.96. The quantitative estimate of drug-likeness (QED) is 0.723. The molecule has 0 bridgehead atoms. The summed E-state index contributed by atoms with van der Waals surface area (Å²) in [5.41, 5.74) is 4.23. The number of para-hydroxylation sites is 1. The van der Waals surface area contributed by atoms with Crippen molar-refractivity contribution in [3.05, 3.63) is 59.7 Å². The van der Waals surface area contributed by atoms with E-state index in [1.165, 1.54) is 22.0 Å². The van der Waals surface area contributed by atoms with Crippen molar-refractivity contribution in [3.8, 4) is 0 Å². The first-order valence-corrected chi connectivity index (χ1v) is 11.3. The average molecular weight is 312 g/mol. The van der Waals surface area contributed by atoms with E-state index in [0.29, 0.717) is 11.8 Å². The molecule has 0 radical (unpaired) electrons. The summed E-state index contributed by atoms with van der Waals surface area (Å²) >= 11 is 0. The van der Waals surface area contributed by atoms with Crippen LogP contribution in [0.4, 0.5) is 5.69 Å². The Bertz CT molecular complexity index is 589. The fourth-order valence-corrected chi connectivity index (χ4v) is 5.02. The van der Waals surface area contributed by atoms with Gasteiger partial charge in [-0.15, -0.1) is 0 Å². The van der Waals surface area contributed by atoms with Crippen LogP contribution in [0, 0.1) is 0 Å². The lowest BCUT2D eigenvalue weighted by Crippen LogP contribution is -2.50. The summed E-state index contributed by atoms with van der Waals surface area (Å²) in [4.78, 5) is 3.97. The standard InChI is InChI=1S/C20H29NSi/c1-15(2)18-13-10-14-19(16(3)4)20(18)21-22(5,6)17-11-8-7-9-12-17/h7-16,21H,1-6H3. The predicted molar refractivity (Wildman–Crippen MR) is 102 cm³/mol. The van der Waals surface area contributed by atoms with Crippen molar-refractivity contribution in [1.29, 1.82) is 0 Å². The zero-order chi connectivity index (χ0) is 16.3. The summed E-state index contributed by atoms with van der Waals surface area (Å²) in [6.45, 7) is 13.9. The Labute approximate surface area is 136 Å². The molecule has 2 aromatic carbocycles. The highest BCUT2D eigenvalue weighted by Gasteiger charge is 2.26. The van der Waals surface area contributed by atoms with Gasteiger partial charge in [-0.2, -0.15) is 0 Å². The maximum Gasteiger partial charge on any atom is 0.179 e. The minimum atomic E-state index is -1.72. The van der Waals surface area contributed by atoms with Crippen LogP contribution in [0.1, 0.15) is 50.7 Å². The molecule has 1 nitrogen and oxygen atoms in total. The second-order valence-corrected chi connectivity index (χ2v) is 11.3. The largest absolute Gasteiger partial charge is 0.406 e. The third kappa shape index (κ3) is 3.61. The van der Waals surface area contributed by atoms with Gasteiger partial charge in [0, 0.05) is 5.69 Å². The number of hydrogen-bond acceptors (Lipinski definition) is 1. The van der Waals surface area contributed by atoms with Crippen LogP contribution < -0.4 is 10.2 Å². The second-order valence-electron chi connectivity index (χ2n) is 7.24. The highest BCUT2D eigenvalue weighted by Crippen LogP contribution is 2.33. The van der Waals surface area contributed by atoms with Crippen molar-refractivity contribution in [2.75, 3.05) is 4.98 Å². The summed E-state index contributed by atoms with van der Waals surface area (Å²) in [7, 11) is -1.72. The maximum atomic E-state index is 3.97. The van der Waals surface area contributed by atoms with Gasteiger partial charge in [0.2, 0.25) is 0 Å². The number of hydrogen-bond donors (Lipinski definition) is 1. The van der Waals surface area contributed by atoms with E-state index in [1.807, 2.05) is 0 Å². The smallest absolute Gasteiger partial charge is 0.179 e. The zero-order valence-electron chi connectivity index (χ0n) is 14.8. The van der Waals surface area contributed by atoms with Crippen LogP contribution in [0.2, 0.25) is 13.1 Å². The molecule has 0 saturated heterocycles. The van der Waals surface area contributed by atoms with Crippen LogP contribution in [0.5, 0.6) is 0 Å². The van der Waals surface area contributed by atoms with Crippen molar-refractivity contribution in [2.45, 2.75) is 52.6 Å². The number of benzene rings is 2. The Morgan fingerprint density at radius 2 is 1.23 bits per heavy atom. The second kappa shape index (κ2) is 6.70. The van der Waals surface area contributed by atoms with Gasteiger partial charge >= 0.3 is 0 Å². The van der Waals surface area contributed by atoms with Crippen LogP contribution in [0.25, 0.3) is 0 Å². The molecule has 22 heavy (non-hydrogen) atoms. The summed E-state index contributed by atoms with van der Waals surface area (Å²) in [5, 5.41) is 1.45. The van der Waals surface area contributed by atoms with Crippen LogP contribution in [-0.2, 0) is 0 Å². The zero-order valence-corrected chi connectivity index (χ0v) is 15.8. The lowest BCUT2D eigenvalue weighted by atomic mass is 9.93. The third-order valence-electron chi connectivity index (χ3n) is 4.31. The topological polar surface area (TPSA) is 12.0 Å². The summed E-state index contributed by atoms with van der Waals surface area (Å²) in [6.07, 6.45) is 0. The Morgan fingerprint density at radius 1 is 0.727 bits per heavy atom. The van der Waals surface area contributed by atoms with E-state index in [1.54, 1.807) is 0 Å². The van der Waals surface area contributed by atoms with Gasteiger partial charge in [0.15, 0.2) is 8.24 Å².